The van der Waals surface area contributed by atoms with E-state index >= 15 is 0 Å². The Bertz CT molecular complexity index is 998. The first-order valence-corrected chi connectivity index (χ1v) is 11.0. The number of carbonyl (C=O) groups is 1. The van der Waals surface area contributed by atoms with Gasteiger partial charge in [0.05, 0.1) is 0 Å². The number of carboxylic acid groups (broad SMARTS) is 1. The molecule has 5 aliphatic rings. The van der Waals surface area contributed by atoms with Crippen molar-refractivity contribution in [1.29, 1.82) is 0 Å². The minimum atomic E-state index is -5.08. The van der Waals surface area contributed by atoms with Crippen molar-refractivity contribution in [3.05, 3.63) is 34.6 Å². The molecule has 4 bridgehead atoms. The highest BCUT2D eigenvalue weighted by atomic mass is 35.5. The van der Waals surface area contributed by atoms with Crippen LogP contribution in [0.25, 0.3) is 11.4 Å². The van der Waals surface area contributed by atoms with E-state index in [-0.39, 0.29) is 0 Å². The van der Waals surface area contributed by atoms with Gasteiger partial charge in [-0.25, -0.2) is 4.79 Å². The maximum atomic E-state index is 10.6. The molecule has 4 aliphatic carbocycles. The molecule has 0 spiro atoms. The average Bonchev–Trinajstić information content (AvgIpc) is 3.12. The van der Waals surface area contributed by atoms with E-state index in [1.807, 2.05) is 6.07 Å². The van der Waals surface area contributed by atoms with Gasteiger partial charge in [-0.2, -0.15) is 13.2 Å². The number of aromatic nitrogens is 3. The number of aryl methyl sites for hydroxylation is 1. The number of nitrogens with zero attached hydrogens (tertiary/aromatic N) is 3. The second kappa shape index (κ2) is 7.22. The van der Waals surface area contributed by atoms with Gasteiger partial charge in [-0.05, 0) is 80.4 Å². The second-order valence-electron chi connectivity index (χ2n) is 9.55. The van der Waals surface area contributed by atoms with Gasteiger partial charge >= 0.3 is 12.1 Å². The Morgan fingerprint density at radius 2 is 1.68 bits per heavy atom. The number of halogens is 4. The fraction of sp³-hybridized carbons (Fsp3) is 0.591. The van der Waals surface area contributed by atoms with Gasteiger partial charge in [-0.15, -0.1) is 10.2 Å². The van der Waals surface area contributed by atoms with Crippen LogP contribution in [0.15, 0.2) is 18.2 Å². The number of alkyl halides is 3. The number of benzene rings is 1. The topological polar surface area (TPSA) is 68.0 Å². The molecule has 7 rings (SSSR count). The number of hydrogen-bond acceptors (Lipinski definition) is 3. The molecular weight excluding hydrogens is 431 g/mol. The fourth-order valence-electron chi connectivity index (χ4n) is 6.70. The molecule has 9 heteroatoms. The largest absolute Gasteiger partial charge is 0.490 e. The Labute approximate surface area is 182 Å². The number of hydrogen-bond donors (Lipinski definition) is 1. The van der Waals surface area contributed by atoms with Crippen molar-refractivity contribution in [2.45, 2.75) is 63.1 Å². The summed E-state index contributed by atoms with van der Waals surface area (Å²) in [7, 11) is 0. The predicted molar refractivity (Wildman–Crippen MR) is 108 cm³/mol. The number of fused-ring (bicyclic) bond motifs is 3. The quantitative estimate of drug-likeness (QED) is 0.639. The van der Waals surface area contributed by atoms with Crippen LogP contribution in [0.3, 0.4) is 0 Å². The van der Waals surface area contributed by atoms with Gasteiger partial charge in [0.25, 0.3) is 0 Å². The van der Waals surface area contributed by atoms with Crippen molar-refractivity contribution in [2.24, 2.45) is 17.8 Å². The summed E-state index contributed by atoms with van der Waals surface area (Å²) in [5, 5.41) is 17.4. The van der Waals surface area contributed by atoms with E-state index in [0.717, 1.165) is 41.6 Å². The Balaban J connectivity index is 0.000000256. The number of rotatable bonds is 1. The van der Waals surface area contributed by atoms with Crippen LogP contribution < -0.4 is 0 Å². The zero-order valence-electron chi connectivity index (χ0n) is 16.8. The van der Waals surface area contributed by atoms with Crippen LogP contribution in [0, 0.1) is 17.8 Å². The van der Waals surface area contributed by atoms with Crippen molar-refractivity contribution in [1.82, 2.24) is 14.8 Å². The lowest BCUT2D eigenvalue weighted by atomic mass is 9.49. The van der Waals surface area contributed by atoms with Gasteiger partial charge in [-0.3, -0.25) is 0 Å². The molecule has 31 heavy (non-hydrogen) atoms. The Hall–Kier alpha value is -2.09. The summed E-state index contributed by atoms with van der Waals surface area (Å²) < 4.78 is 34.2. The molecule has 166 valence electrons. The average molecular weight is 454 g/mol. The highest BCUT2D eigenvalue weighted by Gasteiger charge is 2.54. The van der Waals surface area contributed by atoms with E-state index in [2.05, 4.69) is 21.8 Å². The van der Waals surface area contributed by atoms with Crippen LogP contribution in [0.5, 0.6) is 0 Å². The summed E-state index contributed by atoms with van der Waals surface area (Å²) in [5.74, 6) is 2.40. The fourth-order valence-corrected chi connectivity index (χ4v) is 6.87. The van der Waals surface area contributed by atoms with E-state index in [4.69, 9.17) is 26.6 Å². The van der Waals surface area contributed by atoms with Crippen LogP contribution in [0.4, 0.5) is 13.2 Å². The van der Waals surface area contributed by atoms with Crippen molar-refractivity contribution in [3.8, 4) is 11.4 Å². The van der Waals surface area contributed by atoms with Crippen LogP contribution in [0.2, 0.25) is 5.02 Å². The normalized spacial score (nSPS) is 30.3. The highest BCUT2D eigenvalue weighted by molar-refractivity contribution is 6.30. The molecule has 2 aromatic rings. The lowest BCUT2D eigenvalue weighted by Crippen LogP contribution is -2.49. The van der Waals surface area contributed by atoms with E-state index in [9.17, 15) is 13.2 Å². The first kappa shape index (κ1) is 20.8. The molecule has 1 aromatic heterocycles. The molecule has 5 nitrogen and oxygen atoms in total. The Kier molecular flexibility index (Phi) is 4.84. The maximum Gasteiger partial charge on any atom is 0.490 e. The van der Waals surface area contributed by atoms with Crippen LogP contribution in [0.1, 0.15) is 49.9 Å². The molecule has 1 N–H and O–H groups in total. The maximum absolute atomic E-state index is 10.6. The van der Waals surface area contributed by atoms with Gasteiger partial charge < -0.3 is 9.67 Å². The molecule has 4 fully saturated rings. The van der Waals surface area contributed by atoms with Crippen LogP contribution in [-0.2, 0) is 23.2 Å². The summed E-state index contributed by atoms with van der Waals surface area (Å²) in [6.07, 6.45) is 4.44. The lowest BCUT2D eigenvalue weighted by molar-refractivity contribution is -0.192. The first-order valence-electron chi connectivity index (χ1n) is 10.7. The zero-order valence-corrected chi connectivity index (χ0v) is 17.6. The predicted octanol–water partition coefficient (Wildman–Crippen LogP) is 5.26. The van der Waals surface area contributed by atoms with Crippen LogP contribution >= 0.6 is 11.6 Å². The Morgan fingerprint density at radius 1 is 1.10 bits per heavy atom. The molecule has 0 saturated heterocycles. The molecule has 0 radical (unpaired) electrons. The standard InChI is InChI=1S/C20H22ClN3.C2HF3O2/c21-16-2-1-15-3-4-24-18(17(15)8-16)22-23-19(24)20-9-12-5-13(10-20)7-14(6-12)11-20;3-2(4,5)1(6)7/h1-2,8,12-14H,3-7,9-11H2;(H,6,7). The molecule has 1 aromatic carbocycles. The smallest absolute Gasteiger partial charge is 0.475 e. The monoisotopic (exact) mass is 453 g/mol. The minimum Gasteiger partial charge on any atom is -0.475 e. The summed E-state index contributed by atoms with van der Waals surface area (Å²) in [6, 6.07) is 6.21. The van der Waals surface area contributed by atoms with Gasteiger partial charge in [0.1, 0.15) is 5.82 Å². The van der Waals surface area contributed by atoms with E-state index < -0.39 is 12.1 Å². The number of aliphatic carboxylic acids is 1. The molecule has 0 amide bonds. The SMILES string of the molecule is Clc1ccc2c(c1)-c1nnc(C34CC5CC(CC(C5)C3)C4)n1CC2.O=C(O)C(F)(F)F. The van der Waals surface area contributed by atoms with Gasteiger partial charge in [0.15, 0.2) is 5.82 Å². The lowest BCUT2D eigenvalue weighted by Gasteiger charge is -2.56. The molecule has 4 saturated carbocycles. The summed E-state index contributed by atoms with van der Waals surface area (Å²) >= 11 is 6.25. The summed E-state index contributed by atoms with van der Waals surface area (Å²) in [4.78, 5) is 8.90. The molecular formula is C22H23ClF3N3O2. The van der Waals surface area contributed by atoms with Gasteiger partial charge in [0, 0.05) is 22.5 Å². The van der Waals surface area contributed by atoms with Gasteiger partial charge in [0.2, 0.25) is 0 Å². The molecule has 1 aliphatic heterocycles. The van der Waals surface area contributed by atoms with E-state index in [1.165, 1.54) is 55.5 Å². The summed E-state index contributed by atoms with van der Waals surface area (Å²) in [5.41, 5.74) is 2.87. The van der Waals surface area contributed by atoms with Crippen molar-refractivity contribution >= 4 is 17.6 Å². The third-order valence-electron chi connectivity index (χ3n) is 7.42. The highest BCUT2D eigenvalue weighted by Crippen LogP contribution is 2.60. The van der Waals surface area contributed by atoms with Gasteiger partial charge in [-0.1, -0.05) is 17.7 Å². The third kappa shape index (κ3) is 3.62. The van der Waals surface area contributed by atoms with Crippen molar-refractivity contribution in [3.63, 3.8) is 0 Å². The van der Waals surface area contributed by atoms with E-state index in [1.54, 1.807) is 0 Å². The minimum absolute atomic E-state index is 0.316. The van der Waals surface area contributed by atoms with Crippen molar-refractivity contribution < 1.29 is 23.1 Å². The van der Waals surface area contributed by atoms with Crippen molar-refractivity contribution in [2.75, 3.05) is 0 Å². The van der Waals surface area contributed by atoms with Crippen LogP contribution in [-0.4, -0.2) is 32.0 Å². The third-order valence-corrected chi connectivity index (χ3v) is 7.66. The second-order valence-corrected chi connectivity index (χ2v) is 9.99. The Morgan fingerprint density at radius 3 is 2.23 bits per heavy atom. The molecule has 0 atom stereocenters. The molecule has 2 heterocycles. The first-order chi connectivity index (χ1) is 14.6. The summed E-state index contributed by atoms with van der Waals surface area (Å²) in [6.45, 7) is 1.02. The molecule has 0 unspecified atom stereocenters. The number of carboxylic acids is 1. The zero-order chi connectivity index (χ0) is 22.0. The van der Waals surface area contributed by atoms with E-state index in [0.29, 0.717) is 5.41 Å².